The van der Waals surface area contributed by atoms with E-state index in [1.54, 1.807) is 0 Å². The molecule has 0 fully saturated rings. The Kier molecular flexibility index (Phi) is 3.71. The SMILES string of the molecule is O=C(O)CCn1cc(S(=O)(=O)Nc2nnns2)cn1. The van der Waals surface area contributed by atoms with Crippen LogP contribution in [-0.4, -0.2) is 44.1 Å². The summed E-state index contributed by atoms with van der Waals surface area (Å²) in [7, 11) is -3.81. The van der Waals surface area contributed by atoms with E-state index in [0.29, 0.717) is 0 Å². The van der Waals surface area contributed by atoms with Crippen molar-refractivity contribution in [2.24, 2.45) is 0 Å². The van der Waals surface area contributed by atoms with Gasteiger partial charge in [0.2, 0.25) is 5.13 Å². The normalized spacial score (nSPS) is 11.4. The first kappa shape index (κ1) is 13.4. The maximum atomic E-state index is 11.9. The molecule has 0 aliphatic heterocycles. The lowest BCUT2D eigenvalue weighted by Gasteiger charge is -2.00. The molecule has 2 rings (SSSR count). The fourth-order valence-electron chi connectivity index (χ4n) is 1.16. The van der Waals surface area contributed by atoms with Crippen molar-refractivity contribution in [2.75, 3.05) is 4.72 Å². The minimum absolute atomic E-state index is 0.0401. The van der Waals surface area contributed by atoms with E-state index < -0.39 is 16.0 Å². The molecule has 10 nitrogen and oxygen atoms in total. The van der Waals surface area contributed by atoms with Crippen LogP contribution in [0.1, 0.15) is 6.42 Å². The number of aliphatic carboxylic acids is 1. The van der Waals surface area contributed by atoms with Crippen molar-refractivity contribution in [3.63, 3.8) is 0 Å². The molecule has 0 aliphatic rings. The number of sulfonamides is 1. The topological polar surface area (TPSA) is 140 Å². The number of hydrogen-bond donors (Lipinski definition) is 2. The summed E-state index contributed by atoms with van der Waals surface area (Å²) in [5, 5.41) is 19.0. The summed E-state index contributed by atoms with van der Waals surface area (Å²) in [4.78, 5) is 10.3. The van der Waals surface area contributed by atoms with Gasteiger partial charge in [0.15, 0.2) is 0 Å². The summed E-state index contributed by atoms with van der Waals surface area (Å²) in [6.07, 6.45) is 2.22. The first-order valence-electron chi connectivity index (χ1n) is 4.89. The molecule has 2 heterocycles. The molecule has 0 aliphatic carbocycles. The summed E-state index contributed by atoms with van der Waals surface area (Å²) in [6, 6.07) is 0. The molecule has 0 aromatic carbocycles. The predicted octanol–water partition coefficient (Wildman–Crippen LogP) is -0.595. The van der Waals surface area contributed by atoms with E-state index in [0.717, 1.165) is 17.7 Å². The zero-order valence-electron chi connectivity index (χ0n) is 9.29. The third-order valence-corrected chi connectivity index (χ3v) is 3.93. The molecule has 0 atom stereocenters. The third kappa shape index (κ3) is 3.45. The maximum absolute atomic E-state index is 11.9. The molecular weight excluding hydrogens is 296 g/mol. The van der Waals surface area contributed by atoms with Gasteiger partial charge in [-0.25, -0.2) is 8.42 Å². The van der Waals surface area contributed by atoms with E-state index in [4.69, 9.17) is 5.11 Å². The van der Waals surface area contributed by atoms with Gasteiger partial charge in [-0.2, -0.15) is 5.10 Å². The summed E-state index contributed by atoms with van der Waals surface area (Å²) in [6.45, 7) is 0.0885. The van der Waals surface area contributed by atoms with Crippen LogP contribution in [0, 0.1) is 0 Å². The Bertz CT molecular complexity index is 664. The fourth-order valence-corrected chi connectivity index (χ4v) is 2.70. The Morgan fingerprint density at radius 3 is 2.95 bits per heavy atom. The molecule has 12 heteroatoms. The van der Waals surface area contributed by atoms with E-state index >= 15 is 0 Å². The van der Waals surface area contributed by atoms with Crippen molar-refractivity contribution in [3.8, 4) is 0 Å². The molecule has 2 aromatic rings. The van der Waals surface area contributed by atoms with Crippen LogP contribution in [0.3, 0.4) is 0 Å². The van der Waals surface area contributed by atoms with E-state index in [1.807, 2.05) is 0 Å². The number of rotatable bonds is 6. The van der Waals surface area contributed by atoms with Crippen LogP contribution in [0.15, 0.2) is 17.3 Å². The lowest BCUT2D eigenvalue weighted by molar-refractivity contribution is -0.137. The van der Waals surface area contributed by atoms with Crippen molar-refractivity contribution in [2.45, 2.75) is 17.9 Å². The molecule has 0 saturated carbocycles. The van der Waals surface area contributed by atoms with Gasteiger partial charge in [0.05, 0.1) is 19.2 Å². The van der Waals surface area contributed by atoms with Crippen molar-refractivity contribution in [1.82, 2.24) is 24.6 Å². The van der Waals surface area contributed by atoms with Gasteiger partial charge < -0.3 is 5.11 Å². The number of anilines is 1. The highest BCUT2D eigenvalue weighted by atomic mass is 32.2. The second kappa shape index (κ2) is 5.27. The van der Waals surface area contributed by atoms with Crippen molar-refractivity contribution < 1.29 is 18.3 Å². The van der Waals surface area contributed by atoms with E-state index in [2.05, 4.69) is 24.6 Å². The zero-order valence-corrected chi connectivity index (χ0v) is 10.9. The van der Waals surface area contributed by atoms with Gasteiger partial charge in [0.25, 0.3) is 10.0 Å². The molecule has 0 saturated heterocycles. The molecule has 0 radical (unpaired) electrons. The van der Waals surface area contributed by atoms with Crippen LogP contribution < -0.4 is 4.72 Å². The van der Waals surface area contributed by atoms with Crippen molar-refractivity contribution >= 4 is 32.7 Å². The van der Waals surface area contributed by atoms with Crippen LogP contribution in [0.2, 0.25) is 0 Å². The monoisotopic (exact) mass is 304 g/mol. The molecule has 0 unspecified atom stereocenters. The lowest BCUT2D eigenvalue weighted by Crippen LogP contribution is -2.12. The Balaban J connectivity index is 2.10. The van der Waals surface area contributed by atoms with Crippen LogP contribution in [0.25, 0.3) is 0 Å². The Morgan fingerprint density at radius 1 is 1.53 bits per heavy atom. The lowest BCUT2D eigenvalue weighted by atomic mass is 10.4. The summed E-state index contributed by atoms with van der Waals surface area (Å²) in [5.41, 5.74) is 0. The average molecular weight is 304 g/mol. The van der Waals surface area contributed by atoms with Crippen LogP contribution in [-0.2, 0) is 21.4 Å². The van der Waals surface area contributed by atoms with Gasteiger partial charge in [-0.05, 0) is 5.21 Å². The maximum Gasteiger partial charge on any atom is 0.305 e. The predicted molar refractivity (Wildman–Crippen MR) is 63.0 cm³/mol. The number of carbonyl (C=O) groups is 1. The highest BCUT2D eigenvalue weighted by molar-refractivity contribution is 7.92. The number of nitrogens with one attached hydrogen (secondary N) is 1. The minimum Gasteiger partial charge on any atom is -0.481 e. The Hall–Kier alpha value is -2.08. The summed E-state index contributed by atoms with van der Waals surface area (Å²) >= 11 is 0.798. The number of hydrogen-bond acceptors (Lipinski definition) is 8. The molecule has 19 heavy (non-hydrogen) atoms. The highest BCUT2D eigenvalue weighted by Crippen LogP contribution is 2.14. The number of carboxylic acid groups (broad SMARTS) is 1. The second-order valence-corrected chi connectivity index (χ2v) is 5.77. The van der Waals surface area contributed by atoms with E-state index in [9.17, 15) is 13.2 Å². The Morgan fingerprint density at radius 2 is 2.32 bits per heavy atom. The quantitative estimate of drug-likeness (QED) is 0.721. The third-order valence-electron chi connectivity index (χ3n) is 2.00. The molecule has 2 N–H and O–H groups in total. The number of aromatic nitrogens is 5. The van der Waals surface area contributed by atoms with Gasteiger partial charge in [-0.3, -0.25) is 14.2 Å². The molecule has 0 spiro atoms. The molecule has 0 bridgehead atoms. The van der Waals surface area contributed by atoms with Gasteiger partial charge in [0, 0.05) is 17.7 Å². The first-order chi connectivity index (χ1) is 8.97. The zero-order chi connectivity index (χ0) is 13.9. The molecule has 0 amide bonds. The second-order valence-electron chi connectivity index (χ2n) is 3.36. The Labute approximate surface area is 111 Å². The van der Waals surface area contributed by atoms with Crippen LogP contribution in [0.5, 0.6) is 0 Å². The largest absolute Gasteiger partial charge is 0.481 e. The summed E-state index contributed by atoms with van der Waals surface area (Å²) < 4.78 is 30.6. The number of aryl methyl sites for hydroxylation is 1. The van der Waals surface area contributed by atoms with Crippen LogP contribution in [0.4, 0.5) is 5.13 Å². The fraction of sp³-hybridized carbons (Fsp3) is 0.286. The molecule has 102 valence electrons. The van der Waals surface area contributed by atoms with Crippen molar-refractivity contribution in [3.05, 3.63) is 12.4 Å². The average Bonchev–Trinajstić information content (AvgIpc) is 2.96. The van der Waals surface area contributed by atoms with E-state index in [-0.39, 0.29) is 23.0 Å². The smallest absolute Gasteiger partial charge is 0.305 e. The van der Waals surface area contributed by atoms with Crippen molar-refractivity contribution in [1.29, 1.82) is 0 Å². The van der Waals surface area contributed by atoms with Gasteiger partial charge in [-0.1, -0.05) is 9.59 Å². The first-order valence-corrected chi connectivity index (χ1v) is 7.15. The van der Waals surface area contributed by atoms with Gasteiger partial charge in [-0.15, -0.1) is 0 Å². The summed E-state index contributed by atoms with van der Waals surface area (Å²) in [5.74, 6) is -0.988. The minimum atomic E-state index is -3.81. The standard InChI is InChI=1S/C7H8N6O4S2/c14-6(15)1-2-13-4-5(3-8-13)19(16,17)10-7-9-11-12-18-7/h3-4H,1-2H2,(H,14,15)(H,9,10,12). The molecule has 2 aromatic heterocycles. The molecular formula is C7H8N6O4S2. The number of carboxylic acids is 1. The number of nitrogens with zero attached hydrogens (tertiary/aromatic N) is 5. The van der Waals surface area contributed by atoms with Crippen LogP contribution >= 0.6 is 11.5 Å². The highest BCUT2D eigenvalue weighted by Gasteiger charge is 2.18. The van der Waals surface area contributed by atoms with E-state index in [1.165, 1.54) is 10.9 Å². The van der Waals surface area contributed by atoms with Gasteiger partial charge in [0.1, 0.15) is 4.90 Å². The van der Waals surface area contributed by atoms with Gasteiger partial charge >= 0.3 is 5.97 Å².